The number of benzene rings is 2. The Balaban J connectivity index is 1.77. The summed E-state index contributed by atoms with van der Waals surface area (Å²) in [6, 6.07) is 15.8. The highest BCUT2D eigenvalue weighted by molar-refractivity contribution is 6.05. The molecule has 1 aromatic heterocycles. The van der Waals surface area contributed by atoms with E-state index < -0.39 is 0 Å². The van der Waals surface area contributed by atoms with Crippen LogP contribution in [-0.2, 0) is 0 Å². The maximum atomic E-state index is 12.6. The van der Waals surface area contributed by atoms with Crippen LogP contribution in [0.4, 0.5) is 17.3 Å². The summed E-state index contributed by atoms with van der Waals surface area (Å²) in [4.78, 5) is 32.7. The van der Waals surface area contributed by atoms with Crippen molar-refractivity contribution in [3.63, 3.8) is 0 Å². The second-order valence-corrected chi connectivity index (χ2v) is 6.27. The van der Waals surface area contributed by atoms with Crippen molar-refractivity contribution in [2.24, 2.45) is 0 Å². The fourth-order valence-electron chi connectivity index (χ4n) is 2.67. The third kappa shape index (κ3) is 4.76. The zero-order chi connectivity index (χ0) is 19.4. The molecule has 0 aliphatic heterocycles. The van der Waals surface area contributed by atoms with Gasteiger partial charge in [-0.25, -0.2) is 9.97 Å². The molecule has 1 heterocycles. The molecular formula is C21H20N4O2. The lowest BCUT2D eigenvalue weighted by molar-refractivity contribution is 0.101. The average molecular weight is 360 g/mol. The van der Waals surface area contributed by atoms with Crippen LogP contribution in [0.25, 0.3) is 0 Å². The van der Waals surface area contributed by atoms with Crippen molar-refractivity contribution in [3.8, 4) is 0 Å². The summed E-state index contributed by atoms with van der Waals surface area (Å²) in [6.07, 6.45) is 0. The van der Waals surface area contributed by atoms with E-state index in [1.807, 2.05) is 26.0 Å². The van der Waals surface area contributed by atoms with Crippen molar-refractivity contribution in [3.05, 3.63) is 77.1 Å². The average Bonchev–Trinajstić information content (AvgIpc) is 2.61. The second kappa shape index (κ2) is 7.78. The standard InChI is InChI=1S/C21H20N4O2/c1-13-10-14(2)23-21(22-13)25-19-9-5-7-17(12-19)20(27)24-18-8-4-6-16(11-18)15(3)26/h4-12H,1-3H3,(H,24,27)(H,22,23,25). The highest BCUT2D eigenvalue weighted by Gasteiger charge is 2.09. The molecule has 27 heavy (non-hydrogen) atoms. The van der Waals surface area contributed by atoms with Crippen LogP contribution in [0.1, 0.15) is 39.0 Å². The number of nitrogens with zero attached hydrogens (tertiary/aromatic N) is 2. The normalized spacial score (nSPS) is 10.3. The van der Waals surface area contributed by atoms with Crippen molar-refractivity contribution in [1.82, 2.24) is 9.97 Å². The predicted molar refractivity (Wildman–Crippen MR) is 106 cm³/mol. The number of nitrogens with one attached hydrogen (secondary N) is 2. The van der Waals surface area contributed by atoms with Crippen molar-refractivity contribution < 1.29 is 9.59 Å². The third-order valence-corrected chi connectivity index (χ3v) is 3.89. The van der Waals surface area contributed by atoms with E-state index in [-0.39, 0.29) is 11.7 Å². The lowest BCUT2D eigenvalue weighted by Gasteiger charge is -2.09. The molecule has 2 N–H and O–H groups in total. The van der Waals surface area contributed by atoms with Crippen molar-refractivity contribution in [2.45, 2.75) is 20.8 Å². The quantitative estimate of drug-likeness (QED) is 0.663. The monoisotopic (exact) mass is 360 g/mol. The first-order chi connectivity index (χ1) is 12.9. The Kier molecular flexibility index (Phi) is 5.26. The van der Waals surface area contributed by atoms with E-state index in [2.05, 4.69) is 20.6 Å². The Morgan fingerprint density at radius 2 is 1.41 bits per heavy atom. The Bertz CT molecular complexity index is 994. The first kappa shape index (κ1) is 18.3. The SMILES string of the molecule is CC(=O)c1cccc(NC(=O)c2cccc(Nc3nc(C)cc(C)n3)c2)c1. The molecule has 136 valence electrons. The zero-order valence-corrected chi connectivity index (χ0v) is 15.4. The highest BCUT2D eigenvalue weighted by Crippen LogP contribution is 2.18. The van der Waals surface area contributed by atoms with Crippen LogP contribution in [0.3, 0.4) is 0 Å². The van der Waals surface area contributed by atoms with Gasteiger partial charge in [0.2, 0.25) is 5.95 Å². The maximum Gasteiger partial charge on any atom is 0.255 e. The lowest BCUT2D eigenvalue weighted by Crippen LogP contribution is -2.12. The van der Waals surface area contributed by atoms with E-state index in [0.717, 1.165) is 11.4 Å². The number of aromatic nitrogens is 2. The van der Waals surface area contributed by atoms with Crippen LogP contribution in [-0.4, -0.2) is 21.7 Å². The van der Waals surface area contributed by atoms with E-state index in [4.69, 9.17) is 0 Å². The highest BCUT2D eigenvalue weighted by atomic mass is 16.1. The fourth-order valence-corrected chi connectivity index (χ4v) is 2.67. The minimum Gasteiger partial charge on any atom is -0.324 e. The molecule has 0 bridgehead atoms. The molecule has 1 amide bonds. The van der Waals surface area contributed by atoms with Gasteiger partial charge in [-0.1, -0.05) is 18.2 Å². The first-order valence-electron chi connectivity index (χ1n) is 8.52. The minimum atomic E-state index is -0.263. The van der Waals surface area contributed by atoms with Gasteiger partial charge in [0, 0.05) is 33.9 Å². The van der Waals surface area contributed by atoms with E-state index in [9.17, 15) is 9.59 Å². The number of anilines is 3. The smallest absolute Gasteiger partial charge is 0.255 e. The number of amides is 1. The van der Waals surface area contributed by atoms with Crippen LogP contribution in [0.2, 0.25) is 0 Å². The van der Waals surface area contributed by atoms with E-state index in [0.29, 0.717) is 28.5 Å². The summed E-state index contributed by atoms with van der Waals surface area (Å²) in [5, 5.41) is 5.93. The summed E-state index contributed by atoms with van der Waals surface area (Å²) >= 11 is 0. The molecule has 0 saturated carbocycles. The number of hydrogen-bond donors (Lipinski definition) is 2. The van der Waals surface area contributed by atoms with Crippen molar-refractivity contribution in [2.75, 3.05) is 10.6 Å². The lowest BCUT2D eigenvalue weighted by atomic mass is 10.1. The number of carbonyl (C=O) groups excluding carboxylic acids is 2. The third-order valence-electron chi connectivity index (χ3n) is 3.89. The minimum absolute atomic E-state index is 0.0502. The molecule has 2 aromatic carbocycles. The number of carbonyl (C=O) groups is 2. The van der Waals surface area contributed by atoms with Gasteiger partial charge in [0.25, 0.3) is 5.91 Å². The number of rotatable bonds is 5. The van der Waals surface area contributed by atoms with Gasteiger partial charge in [-0.15, -0.1) is 0 Å². The van der Waals surface area contributed by atoms with Gasteiger partial charge in [0.15, 0.2) is 5.78 Å². The van der Waals surface area contributed by atoms with Crippen LogP contribution in [0.15, 0.2) is 54.6 Å². The molecule has 3 aromatic rings. The van der Waals surface area contributed by atoms with Crippen LogP contribution in [0.5, 0.6) is 0 Å². The Morgan fingerprint density at radius 1 is 0.815 bits per heavy atom. The first-order valence-corrected chi connectivity index (χ1v) is 8.52. The van der Waals surface area contributed by atoms with E-state index in [1.54, 1.807) is 42.5 Å². The van der Waals surface area contributed by atoms with E-state index >= 15 is 0 Å². The summed E-state index contributed by atoms with van der Waals surface area (Å²) in [5.74, 6) is 0.172. The number of aryl methyl sites for hydroxylation is 2. The van der Waals surface area contributed by atoms with Crippen LogP contribution < -0.4 is 10.6 Å². The molecule has 0 aliphatic rings. The van der Waals surface area contributed by atoms with Gasteiger partial charge in [-0.3, -0.25) is 9.59 Å². The van der Waals surface area contributed by atoms with Crippen molar-refractivity contribution in [1.29, 1.82) is 0 Å². The molecule has 0 atom stereocenters. The Hall–Kier alpha value is -3.54. The van der Waals surface area contributed by atoms with Gasteiger partial charge in [0.05, 0.1) is 0 Å². The summed E-state index contributed by atoms with van der Waals surface area (Å²) in [6.45, 7) is 5.29. The molecule has 0 radical (unpaired) electrons. The van der Waals surface area contributed by atoms with Crippen LogP contribution in [0, 0.1) is 13.8 Å². The van der Waals surface area contributed by atoms with Gasteiger partial charge >= 0.3 is 0 Å². The predicted octanol–water partition coefficient (Wildman–Crippen LogP) is 4.29. The van der Waals surface area contributed by atoms with Crippen LogP contribution >= 0.6 is 0 Å². The maximum absolute atomic E-state index is 12.6. The fraction of sp³-hybridized carbons (Fsp3) is 0.143. The molecule has 0 spiro atoms. The molecule has 0 saturated heterocycles. The molecule has 6 heteroatoms. The largest absolute Gasteiger partial charge is 0.324 e. The summed E-state index contributed by atoms with van der Waals surface area (Å²) < 4.78 is 0. The second-order valence-electron chi connectivity index (χ2n) is 6.27. The molecule has 6 nitrogen and oxygen atoms in total. The molecule has 0 unspecified atom stereocenters. The topological polar surface area (TPSA) is 84.0 Å². The molecule has 3 rings (SSSR count). The zero-order valence-electron chi connectivity index (χ0n) is 15.4. The van der Waals surface area contributed by atoms with Gasteiger partial charge in [-0.2, -0.15) is 0 Å². The molecular weight excluding hydrogens is 340 g/mol. The Morgan fingerprint density at radius 3 is 2.07 bits per heavy atom. The molecule has 0 aliphatic carbocycles. The molecule has 0 fully saturated rings. The van der Waals surface area contributed by atoms with Gasteiger partial charge < -0.3 is 10.6 Å². The van der Waals surface area contributed by atoms with Gasteiger partial charge in [-0.05, 0) is 57.2 Å². The number of Topliss-reactive ketones (excluding diaryl/α,β-unsaturated/α-hetero) is 1. The van der Waals surface area contributed by atoms with Crippen molar-refractivity contribution >= 4 is 29.0 Å². The summed E-state index contributed by atoms with van der Waals surface area (Å²) in [7, 11) is 0. The number of hydrogen-bond acceptors (Lipinski definition) is 5. The number of ketones is 1. The Labute approximate surface area is 157 Å². The van der Waals surface area contributed by atoms with E-state index in [1.165, 1.54) is 6.92 Å². The van der Waals surface area contributed by atoms with Gasteiger partial charge in [0.1, 0.15) is 0 Å². The summed E-state index contributed by atoms with van der Waals surface area (Å²) in [5.41, 5.74) is 4.05.